The monoisotopic (exact) mass is 271 g/mol. The van der Waals surface area contributed by atoms with Gasteiger partial charge in [0, 0.05) is 23.9 Å². The first-order valence-corrected chi connectivity index (χ1v) is 4.94. The van der Waals surface area contributed by atoms with Crippen LogP contribution in [0.2, 0.25) is 0 Å². The van der Waals surface area contributed by atoms with Crippen LogP contribution in [0.3, 0.4) is 0 Å². The Labute approximate surface area is 95.4 Å². The number of hydrogen-bond acceptors (Lipinski definition) is 3. The lowest BCUT2D eigenvalue weighted by Gasteiger charge is -2.14. The zero-order valence-electron chi connectivity index (χ0n) is 8.11. The number of amides is 2. The van der Waals surface area contributed by atoms with E-state index in [0.717, 1.165) is 0 Å². The molecule has 0 radical (unpaired) electrons. The Morgan fingerprint density at radius 2 is 2.20 bits per heavy atom. The molecular weight excluding hydrogens is 262 g/mol. The van der Waals surface area contributed by atoms with Gasteiger partial charge in [-0.15, -0.1) is 0 Å². The molecular formula is C9H10BrN3O2. The number of primary amides is 1. The summed E-state index contributed by atoms with van der Waals surface area (Å²) in [4.78, 5) is 27.4. The number of pyridine rings is 1. The van der Waals surface area contributed by atoms with E-state index in [9.17, 15) is 9.59 Å². The fourth-order valence-corrected chi connectivity index (χ4v) is 1.42. The lowest BCUT2D eigenvalue weighted by atomic mass is 10.2. The molecule has 5 nitrogen and oxygen atoms in total. The Bertz CT molecular complexity index is 395. The highest BCUT2D eigenvalue weighted by Gasteiger charge is 2.13. The molecule has 2 N–H and O–H groups in total. The number of hydrogen-bond donors (Lipinski definition) is 1. The Hall–Kier alpha value is -1.43. The van der Waals surface area contributed by atoms with E-state index in [4.69, 9.17) is 5.73 Å². The SMILES string of the molecule is CN(CC(N)=O)C(=O)c1cncc(Br)c1. The molecule has 6 heteroatoms. The number of carbonyl (C=O) groups is 2. The van der Waals surface area contributed by atoms with Gasteiger partial charge in [0.05, 0.1) is 12.1 Å². The molecule has 0 aliphatic heterocycles. The van der Waals surface area contributed by atoms with E-state index in [1.807, 2.05) is 0 Å². The highest BCUT2D eigenvalue weighted by atomic mass is 79.9. The normalized spacial score (nSPS) is 9.73. The molecule has 0 spiro atoms. The third-order valence-corrected chi connectivity index (χ3v) is 2.13. The molecule has 2 amide bonds. The zero-order chi connectivity index (χ0) is 11.4. The second-order valence-electron chi connectivity index (χ2n) is 3.02. The predicted octanol–water partition coefficient (Wildman–Crippen LogP) is 0.401. The van der Waals surface area contributed by atoms with Crippen LogP contribution in [0.1, 0.15) is 10.4 Å². The third-order valence-electron chi connectivity index (χ3n) is 1.69. The van der Waals surface area contributed by atoms with Crippen LogP contribution in [0.4, 0.5) is 0 Å². The van der Waals surface area contributed by atoms with Crippen molar-refractivity contribution in [1.29, 1.82) is 0 Å². The summed E-state index contributed by atoms with van der Waals surface area (Å²) in [7, 11) is 1.51. The van der Waals surface area contributed by atoms with Crippen molar-refractivity contribution in [2.75, 3.05) is 13.6 Å². The number of nitrogens with zero attached hydrogens (tertiary/aromatic N) is 2. The molecule has 0 fully saturated rings. The fourth-order valence-electron chi connectivity index (χ4n) is 1.05. The number of halogens is 1. The molecule has 1 aromatic heterocycles. The molecule has 0 unspecified atom stereocenters. The highest BCUT2D eigenvalue weighted by Crippen LogP contribution is 2.10. The van der Waals surface area contributed by atoms with E-state index in [0.29, 0.717) is 10.0 Å². The number of carbonyl (C=O) groups excluding carboxylic acids is 2. The van der Waals surface area contributed by atoms with Gasteiger partial charge in [-0.05, 0) is 22.0 Å². The van der Waals surface area contributed by atoms with E-state index >= 15 is 0 Å². The molecule has 0 bridgehead atoms. The van der Waals surface area contributed by atoms with Crippen molar-refractivity contribution in [2.45, 2.75) is 0 Å². The Kier molecular flexibility index (Phi) is 3.79. The van der Waals surface area contributed by atoms with Gasteiger partial charge in [0.25, 0.3) is 5.91 Å². The molecule has 1 rings (SSSR count). The summed E-state index contributed by atoms with van der Waals surface area (Å²) in [6, 6.07) is 1.63. The first-order chi connectivity index (χ1) is 7.00. The second-order valence-corrected chi connectivity index (χ2v) is 3.94. The molecule has 0 atom stereocenters. The van der Waals surface area contributed by atoms with E-state index in [2.05, 4.69) is 20.9 Å². The summed E-state index contributed by atoms with van der Waals surface area (Å²) in [6.45, 7) is -0.106. The van der Waals surface area contributed by atoms with Gasteiger partial charge in [0.15, 0.2) is 0 Å². The number of aromatic nitrogens is 1. The van der Waals surface area contributed by atoms with Crippen molar-refractivity contribution < 1.29 is 9.59 Å². The Morgan fingerprint density at radius 1 is 1.53 bits per heavy atom. The maximum Gasteiger partial charge on any atom is 0.255 e. The standard InChI is InChI=1S/C9H10BrN3O2/c1-13(5-8(11)14)9(15)6-2-7(10)4-12-3-6/h2-4H,5H2,1H3,(H2,11,14). The van der Waals surface area contributed by atoms with E-state index in [1.165, 1.54) is 18.1 Å². The van der Waals surface area contributed by atoms with Crippen molar-refractivity contribution >= 4 is 27.7 Å². The van der Waals surface area contributed by atoms with Crippen LogP contribution >= 0.6 is 15.9 Å². The molecule has 0 aliphatic rings. The van der Waals surface area contributed by atoms with Crippen molar-refractivity contribution in [3.05, 3.63) is 28.5 Å². The highest BCUT2D eigenvalue weighted by molar-refractivity contribution is 9.10. The lowest BCUT2D eigenvalue weighted by Crippen LogP contribution is -2.35. The van der Waals surface area contributed by atoms with Gasteiger partial charge in [0.2, 0.25) is 5.91 Å². The van der Waals surface area contributed by atoms with Gasteiger partial charge in [0.1, 0.15) is 0 Å². The van der Waals surface area contributed by atoms with Crippen LogP contribution in [0.15, 0.2) is 22.9 Å². The minimum absolute atomic E-state index is 0.106. The van der Waals surface area contributed by atoms with Crippen LogP contribution in [-0.4, -0.2) is 35.3 Å². The van der Waals surface area contributed by atoms with Gasteiger partial charge in [-0.3, -0.25) is 14.6 Å². The topological polar surface area (TPSA) is 76.3 Å². The molecule has 0 saturated carbocycles. The van der Waals surface area contributed by atoms with Gasteiger partial charge in [-0.1, -0.05) is 0 Å². The van der Waals surface area contributed by atoms with Gasteiger partial charge in [-0.25, -0.2) is 0 Å². The quantitative estimate of drug-likeness (QED) is 0.865. The average Bonchev–Trinajstić information content (AvgIpc) is 2.15. The van der Waals surface area contributed by atoms with Crippen LogP contribution in [0.25, 0.3) is 0 Å². The fraction of sp³-hybridized carbons (Fsp3) is 0.222. The largest absolute Gasteiger partial charge is 0.368 e. The molecule has 0 saturated heterocycles. The van der Waals surface area contributed by atoms with E-state index < -0.39 is 5.91 Å². The van der Waals surface area contributed by atoms with Gasteiger partial charge < -0.3 is 10.6 Å². The van der Waals surface area contributed by atoms with Crippen LogP contribution in [0.5, 0.6) is 0 Å². The summed E-state index contributed by atoms with van der Waals surface area (Å²) < 4.78 is 0.709. The van der Waals surface area contributed by atoms with Crippen LogP contribution in [0, 0.1) is 0 Å². The van der Waals surface area contributed by atoms with E-state index in [1.54, 1.807) is 12.3 Å². The Morgan fingerprint density at radius 3 is 2.73 bits per heavy atom. The molecule has 1 heterocycles. The molecule has 0 aliphatic carbocycles. The van der Waals surface area contributed by atoms with Crippen molar-refractivity contribution in [3.8, 4) is 0 Å². The number of nitrogens with two attached hydrogens (primary N) is 1. The molecule has 80 valence electrons. The maximum absolute atomic E-state index is 11.7. The van der Waals surface area contributed by atoms with Crippen LogP contribution < -0.4 is 5.73 Å². The minimum Gasteiger partial charge on any atom is -0.368 e. The third kappa shape index (κ3) is 3.32. The summed E-state index contributed by atoms with van der Waals surface area (Å²) in [5.41, 5.74) is 5.39. The van der Waals surface area contributed by atoms with E-state index in [-0.39, 0.29) is 12.5 Å². The first-order valence-electron chi connectivity index (χ1n) is 4.15. The zero-order valence-corrected chi connectivity index (χ0v) is 9.69. The van der Waals surface area contributed by atoms with Crippen molar-refractivity contribution in [2.24, 2.45) is 5.73 Å². The average molecular weight is 272 g/mol. The van der Waals surface area contributed by atoms with Gasteiger partial charge >= 0.3 is 0 Å². The Balaban J connectivity index is 2.80. The summed E-state index contributed by atoms with van der Waals surface area (Å²) >= 11 is 3.21. The van der Waals surface area contributed by atoms with Gasteiger partial charge in [-0.2, -0.15) is 0 Å². The van der Waals surface area contributed by atoms with Crippen LogP contribution in [-0.2, 0) is 4.79 Å². The maximum atomic E-state index is 11.7. The predicted molar refractivity (Wildman–Crippen MR) is 58.1 cm³/mol. The molecule has 0 aromatic carbocycles. The smallest absolute Gasteiger partial charge is 0.255 e. The van der Waals surface area contributed by atoms with Crippen molar-refractivity contribution in [3.63, 3.8) is 0 Å². The minimum atomic E-state index is -0.547. The molecule has 1 aromatic rings. The second kappa shape index (κ2) is 4.88. The molecule has 15 heavy (non-hydrogen) atoms. The lowest BCUT2D eigenvalue weighted by molar-refractivity contribution is -0.118. The number of rotatable bonds is 3. The number of likely N-dealkylation sites (N-methyl/N-ethyl adjacent to an activating group) is 1. The first kappa shape index (κ1) is 11.6. The summed E-state index contributed by atoms with van der Waals surface area (Å²) in [6.07, 6.45) is 3.01. The summed E-state index contributed by atoms with van der Waals surface area (Å²) in [5, 5.41) is 0. The summed E-state index contributed by atoms with van der Waals surface area (Å²) in [5.74, 6) is -0.837. The van der Waals surface area contributed by atoms with Crippen molar-refractivity contribution in [1.82, 2.24) is 9.88 Å².